The molecule has 0 aliphatic carbocycles. The molecule has 1 aromatic heterocycles. The van der Waals surface area contributed by atoms with Crippen molar-refractivity contribution in [1.82, 2.24) is 9.97 Å². The summed E-state index contributed by atoms with van der Waals surface area (Å²) in [5, 5.41) is 18.9. The van der Waals surface area contributed by atoms with Crippen LogP contribution in [0.5, 0.6) is 0 Å². The van der Waals surface area contributed by atoms with Crippen LogP contribution >= 0.6 is 12.6 Å². The van der Waals surface area contributed by atoms with E-state index < -0.39 is 18.2 Å². The summed E-state index contributed by atoms with van der Waals surface area (Å²) in [6, 6.07) is 0. The Morgan fingerprint density at radius 1 is 1.50 bits per heavy atom. The largest absolute Gasteiger partial charge is 0.463 e. The van der Waals surface area contributed by atoms with Gasteiger partial charge in [0, 0.05) is 23.7 Å². The Kier molecular flexibility index (Phi) is 4.66. The van der Waals surface area contributed by atoms with E-state index in [1.807, 2.05) is 0 Å². The van der Waals surface area contributed by atoms with Gasteiger partial charge in [-0.25, -0.2) is 14.8 Å². The van der Waals surface area contributed by atoms with Crippen LogP contribution in [0, 0.1) is 0 Å². The van der Waals surface area contributed by atoms with Crippen molar-refractivity contribution >= 4 is 18.6 Å². The number of carbonyl (C=O) groups is 1. The van der Waals surface area contributed by atoms with Crippen LogP contribution in [0.25, 0.3) is 0 Å². The van der Waals surface area contributed by atoms with Gasteiger partial charge in [0.05, 0.1) is 13.2 Å². The molecule has 0 aliphatic rings. The average Bonchev–Trinajstić information content (AvgIpc) is 2.36. The van der Waals surface area contributed by atoms with Gasteiger partial charge in [-0.15, -0.1) is 0 Å². The second kappa shape index (κ2) is 5.78. The Bertz CT molecular complexity index is 357. The van der Waals surface area contributed by atoms with Crippen molar-refractivity contribution in [3.8, 4) is 0 Å². The Labute approximate surface area is 97.7 Å². The number of methoxy groups -OCH3 is 1. The summed E-state index contributed by atoms with van der Waals surface area (Å²) < 4.78 is 4.42. The van der Waals surface area contributed by atoms with E-state index in [9.17, 15) is 15.0 Å². The molecule has 1 aromatic rings. The molecular formula is C9H12N2O4S. The molecule has 88 valence electrons. The maximum atomic E-state index is 11.0. The molecule has 1 heterocycles. The molecule has 0 amide bonds. The zero-order valence-electron chi connectivity index (χ0n) is 8.57. The molecular weight excluding hydrogens is 232 g/mol. The number of hydrogen-bond acceptors (Lipinski definition) is 7. The minimum Gasteiger partial charge on any atom is -0.463 e. The molecule has 0 bridgehead atoms. The van der Waals surface area contributed by atoms with E-state index in [1.54, 1.807) is 0 Å². The Morgan fingerprint density at radius 2 is 2.06 bits per heavy atom. The molecule has 2 atom stereocenters. The molecule has 0 saturated carbocycles. The lowest BCUT2D eigenvalue weighted by Crippen LogP contribution is -2.20. The predicted octanol–water partition coefficient (Wildman–Crippen LogP) is -0.413. The maximum Gasteiger partial charge on any atom is 0.376 e. The molecule has 7 heteroatoms. The molecule has 2 N–H and O–H groups in total. The first kappa shape index (κ1) is 12.9. The third-order valence-corrected chi connectivity index (χ3v) is 2.31. The third kappa shape index (κ3) is 2.91. The van der Waals surface area contributed by atoms with Crippen molar-refractivity contribution in [3.05, 3.63) is 23.8 Å². The van der Waals surface area contributed by atoms with Crippen LogP contribution in [0.4, 0.5) is 0 Å². The maximum absolute atomic E-state index is 11.0. The summed E-state index contributed by atoms with van der Waals surface area (Å²) >= 11 is 3.85. The minimum atomic E-state index is -1.12. The van der Waals surface area contributed by atoms with Crippen molar-refractivity contribution < 1.29 is 19.7 Å². The first-order valence-corrected chi connectivity index (χ1v) is 5.10. The molecule has 0 fully saturated rings. The predicted molar refractivity (Wildman–Crippen MR) is 58.2 cm³/mol. The lowest BCUT2D eigenvalue weighted by molar-refractivity contribution is 0.0332. The highest BCUT2D eigenvalue weighted by Gasteiger charge is 2.18. The molecule has 0 radical (unpaired) electrons. The normalized spacial score (nSPS) is 14.2. The van der Waals surface area contributed by atoms with E-state index in [0.717, 1.165) is 0 Å². The van der Waals surface area contributed by atoms with Crippen molar-refractivity contribution in [2.45, 2.75) is 12.2 Å². The average molecular weight is 244 g/mol. The van der Waals surface area contributed by atoms with Gasteiger partial charge in [-0.2, -0.15) is 12.6 Å². The van der Waals surface area contributed by atoms with Crippen LogP contribution in [0.1, 0.15) is 22.3 Å². The zero-order valence-corrected chi connectivity index (χ0v) is 9.46. The van der Waals surface area contributed by atoms with E-state index in [0.29, 0.717) is 5.56 Å². The number of thiol groups is 1. The van der Waals surface area contributed by atoms with E-state index in [2.05, 4.69) is 27.3 Å². The van der Waals surface area contributed by atoms with Gasteiger partial charge in [0.2, 0.25) is 5.82 Å². The molecule has 0 aromatic carbocycles. The minimum absolute atomic E-state index is 0.0983. The summed E-state index contributed by atoms with van der Waals surface area (Å²) in [6.07, 6.45) is 0.396. The highest BCUT2D eigenvalue weighted by Crippen LogP contribution is 2.15. The van der Waals surface area contributed by atoms with Crippen LogP contribution in [0.2, 0.25) is 0 Å². The van der Waals surface area contributed by atoms with Crippen molar-refractivity contribution in [2.24, 2.45) is 0 Å². The fraction of sp³-hybridized carbons (Fsp3) is 0.444. The first-order valence-electron chi connectivity index (χ1n) is 4.47. The number of esters is 1. The van der Waals surface area contributed by atoms with Crippen LogP contribution in [0.3, 0.4) is 0 Å². The summed E-state index contributed by atoms with van der Waals surface area (Å²) in [4.78, 5) is 18.4. The first-order chi connectivity index (χ1) is 7.60. The highest BCUT2D eigenvalue weighted by atomic mass is 32.1. The highest BCUT2D eigenvalue weighted by molar-refractivity contribution is 7.80. The smallest absolute Gasteiger partial charge is 0.376 e. The van der Waals surface area contributed by atoms with Crippen molar-refractivity contribution in [1.29, 1.82) is 0 Å². The zero-order chi connectivity index (χ0) is 12.1. The second-order valence-electron chi connectivity index (χ2n) is 3.03. The number of ether oxygens (including phenoxy) is 1. The fourth-order valence-electron chi connectivity index (χ4n) is 1.01. The van der Waals surface area contributed by atoms with Gasteiger partial charge in [-0.3, -0.25) is 0 Å². The lowest BCUT2D eigenvalue weighted by atomic mass is 10.1. The van der Waals surface area contributed by atoms with Gasteiger partial charge in [0.1, 0.15) is 6.10 Å². The van der Waals surface area contributed by atoms with Crippen LogP contribution in [0.15, 0.2) is 12.4 Å². The van der Waals surface area contributed by atoms with Gasteiger partial charge >= 0.3 is 5.97 Å². The van der Waals surface area contributed by atoms with Gasteiger partial charge in [-0.05, 0) is 0 Å². The van der Waals surface area contributed by atoms with E-state index in [1.165, 1.54) is 19.5 Å². The third-order valence-electron chi connectivity index (χ3n) is 1.93. The van der Waals surface area contributed by atoms with Crippen LogP contribution in [-0.2, 0) is 4.74 Å². The number of nitrogens with zero attached hydrogens (tertiary/aromatic N) is 2. The Balaban J connectivity index is 2.82. The molecule has 1 rings (SSSR count). The number of carbonyl (C=O) groups excluding carboxylic acids is 1. The van der Waals surface area contributed by atoms with Gasteiger partial charge in [0.15, 0.2) is 0 Å². The standard InChI is InChI=1S/C9H12N2O4S/c1-15-9(14)8-10-2-5(3-11-8)7(13)6(12)4-16/h2-3,6-7,12-13,16H,4H2,1H3. The SMILES string of the molecule is COC(=O)c1ncc(C(O)C(O)CS)cn1. The summed E-state index contributed by atoms with van der Waals surface area (Å²) in [7, 11) is 1.22. The van der Waals surface area contributed by atoms with E-state index >= 15 is 0 Å². The van der Waals surface area contributed by atoms with Gasteiger partial charge < -0.3 is 14.9 Å². The topological polar surface area (TPSA) is 92.5 Å². The van der Waals surface area contributed by atoms with E-state index in [4.69, 9.17) is 0 Å². The molecule has 0 aliphatic heterocycles. The van der Waals surface area contributed by atoms with Crippen molar-refractivity contribution in [2.75, 3.05) is 12.9 Å². The number of rotatable bonds is 4. The van der Waals surface area contributed by atoms with Crippen LogP contribution in [-0.4, -0.2) is 45.1 Å². The van der Waals surface area contributed by atoms with Gasteiger partial charge in [-0.1, -0.05) is 0 Å². The number of hydrogen-bond donors (Lipinski definition) is 3. The number of aliphatic hydroxyl groups excluding tert-OH is 2. The number of aliphatic hydroxyl groups is 2. The molecule has 0 spiro atoms. The van der Waals surface area contributed by atoms with Crippen molar-refractivity contribution in [3.63, 3.8) is 0 Å². The molecule has 2 unspecified atom stereocenters. The number of aromatic nitrogens is 2. The quantitative estimate of drug-likeness (QED) is 0.492. The Morgan fingerprint density at radius 3 is 2.50 bits per heavy atom. The molecule has 0 saturated heterocycles. The lowest BCUT2D eigenvalue weighted by Gasteiger charge is -2.15. The second-order valence-corrected chi connectivity index (χ2v) is 3.39. The van der Waals surface area contributed by atoms with Crippen LogP contribution < -0.4 is 0 Å². The molecule has 6 nitrogen and oxygen atoms in total. The van der Waals surface area contributed by atoms with Gasteiger partial charge in [0.25, 0.3) is 0 Å². The monoisotopic (exact) mass is 244 g/mol. The Hall–Kier alpha value is -1.18. The summed E-state index contributed by atoms with van der Waals surface area (Å²) in [5.74, 6) is -0.644. The van der Waals surface area contributed by atoms with E-state index in [-0.39, 0.29) is 11.6 Å². The fourth-order valence-corrected chi connectivity index (χ4v) is 1.21. The molecule has 16 heavy (non-hydrogen) atoms. The summed E-state index contributed by atoms with van der Waals surface area (Å²) in [6.45, 7) is 0. The summed E-state index contributed by atoms with van der Waals surface area (Å²) in [5.41, 5.74) is 0.314.